The SMILES string of the molecule is O=c1[nH]nc(-c2ccc(Cl)c(NCCCCCNC3CC3)c2)c2ccccc12. The summed E-state index contributed by atoms with van der Waals surface area (Å²) >= 11 is 6.38. The van der Waals surface area contributed by atoms with Crippen molar-refractivity contribution in [3.8, 4) is 11.3 Å². The van der Waals surface area contributed by atoms with Gasteiger partial charge in [0.2, 0.25) is 0 Å². The molecule has 28 heavy (non-hydrogen) atoms. The molecule has 0 aliphatic heterocycles. The lowest BCUT2D eigenvalue weighted by Crippen LogP contribution is -2.17. The first kappa shape index (κ1) is 19.0. The predicted molar refractivity (Wildman–Crippen MR) is 116 cm³/mol. The Labute approximate surface area is 169 Å². The highest BCUT2D eigenvalue weighted by atomic mass is 35.5. The topological polar surface area (TPSA) is 69.8 Å². The maximum absolute atomic E-state index is 12.0. The van der Waals surface area contributed by atoms with Gasteiger partial charge < -0.3 is 10.6 Å². The van der Waals surface area contributed by atoms with Crippen molar-refractivity contribution < 1.29 is 0 Å². The molecule has 3 N–H and O–H groups in total. The first-order chi connectivity index (χ1) is 13.7. The Morgan fingerprint density at radius 2 is 1.82 bits per heavy atom. The second-order valence-corrected chi connectivity index (χ2v) is 7.76. The Morgan fingerprint density at radius 1 is 1.04 bits per heavy atom. The van der Waals surface area contributed by atoms with Crippen molar-refractivity contribution in [2.24, 2.45) is 0 Å². The van der Waals surface area contributed by atoms with Crippen LogP contribution in [0.3, 0.4) is 0 Å². The summed E-state index contributed by atoms with van der Waals surface area (Å²) in [6.45, 7) is 2.00. The molecule has 0 amide bonds. The third-order valence-corrected chi connectivity index (χ3v) is 5.44. The number of nitrogens with one attached hydrogen (secondary N) is 3. The van der Waals surface area contributed by atoms with E-state index < -0.39 is 0 Å². The van der Waals surface area contributed by atoms with Gasteiger partial charge in [0.25, 0.3) is 5.56 Å². The van der Waals surface area contributed by atoms with Crippen molar-refractivity contribution in [2.75, 3.05) is 18.4 Å². The van der Waals surface area contributed by atoms with E-state index in [0.717, 1.165) is 47.9 Å². The summed E-state index contributed by atoms with van der Waals surface area (Å²) in [5.41, 5.74) is 2.39. The maximum Gasteiger partial charge on any atom is 0.272 e. The standard InChI is InChI=1S/C22H25ClN4O/c23-19-11-8-15(21-17-6-2-3-7-18(17)22(28)27-26-21)14-20(19)25-13-5-1-4-12-24-16-9-10-16/h2-3,6-8,11,14,16,24-25H,1,4-5,9-10,12-13H2,(H,27,28). The van der Waals surface area contributed by atoms with Crippen molar-refractivity contribution in [1.82, 2.24) is 15.5 Å². The van der Waals surface area contributed by atoms with Crippen molar-refractivity contribution in [2.45, 2.75) is 38.1 Å². The number of nitrogens with zero attached hydrogens (tertiary/aromatic N) is 1. The molecule has 0 spiro atoms. The molecule has 0 saturated heterocycles. The van der Waals surface area contributed by atoms with Crippen LogP contribution in [0.15, 0.2) is 47.3 Å². The van der Waals surface area contributed by atoms with Crippen molar-refractivity contribution in [3.05, 3.63) is 57.8 Å². The van der Waals surface area contributed by atoms with Gasteiger partial charge >= 0.3 is 0 Å². The normalized spacial score (nSPS) is 13.8. The van der Waals surface area contributed by atoms with Gasteiger partial charge in [-0.1, -0.05) is 42.3 Å². The summed E-state index contributed by atoms with van der Waals surface area (Å²) in [5.74, 6) is 0. The summed E-state index contributed by atoms with van der Waals surface area (Å²) in [6.07, 6.45) is 6.19. The molecule has 5 nitrogen and oxygen atoms in total. The molecule has 0 unspecified atom stereocenters. The molecule has 1 aromatic heterocycles. The van der Waals surface area contributed by atoms with Crippen molar-refractivity contribution in [3.63, 3.8) is 0 Å². The van der Waals surface area contributed by atoms with E-state index in [1.165, 1.54) is 25.7 Å². The van der Waals surface area contributed by atoms with Crippen LogP contribution in [-0.2, 0) is 0 Å². The first-order valence-electron chi connectivity index (χ1n) is 9.97. The molecule has 4 rings (SSSR count). The summed E-state index contributed by atoms with van der Waals surface area (Å²) < 4.78 is 0. The fourth-order valence-electron chi connectivity index (χ4n) is 3.39. The first-order valence-corrected chi connectivity index (χ1v) is 10.3. The Morgan fingerprint density at radius 3 is 2.64 bits per heavy atom. The summed E-state index contributed by atoms with van der Waals surface area (Å²) in [4.78, 5) is 12.0. The largest absolute Gasteiger partial charge is 0.384 e. The van der Waals surface area contributed by atoms with Crippen LogP contribution in [0.25, 0.3) is 22.0 Å². The zero-order valence-electron chi connectivity index (χ0n) is 15.8. The molecule has 1 fully saturated rings. The predicted octanol–water partition coefficient (Wildman–Crippen LogP) is 4.58. The minimum Gasteiger partial charge on any atom is -0.384 e. The minimum absolute atomic E-state index is 0.178. The number of fused-ring (bicyclic) bond motifs is 1. The van der Waals surface area contributed by atoms with Gasteiger partial charge in [0.1, 0.15) is 0 Å². The van der Waals surface area contributed by atoms with Crippen LogP contribution in [0.4, 0.5) is 5.69 Å². The molecule has 0 atom stereocenters. The highest BCUT2D eigenvalue weighted by Crippen LogP contribution is 2.30. The summed E-state index contributed by atoms with van der Waals surface area (Å²) in [6, 6.07) is 14.1. The van der Waals surface area contributed by atoms with Crippen LogP contribution in [0.5, 0.6) is 0 Å². The second-order valence-electron chi connectivity index (χ2n) is 7.36. The van der Waals surface area contributed by atoms with Gasteiger partial charge in [-0.25, -0.2) is 5.10 Å². The molecule has 1 saturated carbocycles. The number of anilines is 1. The third kappa shape index (κ3) is 4.54. The highest BCUT2D eigenvalue weighted by molar-refractivity contribution is 6.33. The fraction of sp³-hybridized carbons (Fsp3) is 0.364. The quantitative estimate of drug-likeness (QED) is 0.463. The third-order valence-electron chi connectivity index (χ3n) is 5.12. The molecule has 2 aromatic carbocycles. The molecular formula is C22H25ClN4O. The molecule has 6 heteroatoms. The van der Waals surface area contributed by atoms with E-state index in [9.17, 15) is 4.79 Å². The maximum atomic E-state index is 12.0. The summed E-state index contributed by atoms with van der Waals surface area (Å²) in [5, 5.41) is 16.0. The van der Waals surface area contributed by atoms with E-state index in [1.807, 2.05) is 42.5 Å². The van der Waals surface area contributed by atoms with Crippen LogP contribution in [0, 0.1) is 0 Å². The smallest absolute Gasteiger partial charge is 0.272 e. The van der Waals surface area contributed by atoms with Crippen molar-refractivity contribution in [1.29, 1.82) is 0 Å². The lowest BCUT2D eigenvalue weighted by atomic mass is 10.0. The van der Waals surface area contributed by atoms with Gasteiger partial charge in [-0.3, -0.25) is 4.79 Å². The van der Waals surface area contributed by atoms with Crippen LogP contribution in [0.2, 0.25) is 5.02 Å². The van der Waals surface area contributed by atoms with E-state index >= 15 is 0 Å². The Bertz CT molecular complexity index is 1010. The van der Waals surface area contributed by atoms with Gasteiger partial charge in [0.15, 0.2) is 0 Å². The summed E-state index contributed by atoms with van der Waals surface area (Å²) in [7, 11) is 0. The molecular weight excluding hydrogens is 372 g/mol. The Balaban J connectivity index is 1.42. The zero-order valence-corrected chi connectivity index (χ0v) is 16.6. The molecule has 1 aliphatic carbocycles. The van der Waals surface area contributed by atoms with Crippen LogP contribution >= 0.6 is 11.6 Å². The number of aromatic nitrogens is 2. The Hall–Kier alpha value is -2.37. The van der Waals surface area contributed by atoms with Gasteiger partial charge in [0, 0.05) is 23.5 Å². The van der Waals surface area contributed by atoms with Gasteiger partial charge in [-0.05, 0) is 50.4 Å². The lowest BCUT2D eigenvalue weighted by Gasteiger charge is -2.11. The molecule has 1 heterocycles. The highest BCUT2D eigenvalue weighted by Gasteiger charge is 2.19. The minimum atomic E-state index is -0.178. The van der Waals surface area contributed by atoms with E-state index in [1.54, 1.807) is 0 Å². The van der Waals surface area contributed by atoms with Crippen LogP contribution < -0.4 is 16.2 Å². The second kappa shape index (κ2) is 8.76. The number of hydrogen-bond acceptors (Lipinski definition) is 4. The molecule has 1 aliphatic rings. The van der Waals surface area contributed by atoms with Gasteiger partial charge in [-0.15, -0.1) is 0 Å². The lowest BCUT2D eigenvalue weighted by molar-refractivity contribution is 0.608. The number of H-pyrrole nitrogens is 1. The van der Waals surface area contributed by atoms with Gasteiger partial charge in [0.05, 0.1) is 21.8 Å². The molecule has 146 valence electrons. The van der Waals surface area contributed by atoms with E-state index in [0.29, 0.717) is 10.4 Å². The number of hydrogen-bond donors (Lipinski definition) is 3. The average molecular weight is 397 g/mol. The number of benzene rings is 2. The zero-order chi connectivity index (χ0) is 19.3. The monoisotopic (exact) mass is 396 g/mol. The molecule has 0 bridgehead atoms. The van der Waals surface area contributed by atoms with Crippen LogP contribution in [-0.4, -0.2) is 29.3 Å². The number of rotatable bonds is 9. The van der Waals surface area contributed by atoms with Gasteiger partial charge in [-0.2, -0.15) is 5.10 Å². The molecule has 3 aromatic rings. The number of aromatic amines is 1. The number of halogens is 1. The van der Waals surface area contributed by atoms with E-state index in [2.05, 4.69) is 20.8 Å². The Kier molecular flexibility index (Phi) is 5.93. The van der Waals surface area contributed by atoms with Crippen molar-refractivity contribution >= 4 is 28.1 Å². The van der Waals surface area contributed by atoms with E-state index in [4.69, 9.17) is 11.6 Å². The fourth-order valence-corrected chi connectivity index (χ4v) is 3.57. The number of unbranched alkanes of at least 4 members (excludes halogenated alkanes) is 2. The molecule has 0 radical (unpaired) electrons. The van der Waals surface area contributed by atoms with E-state index in [-0.39, 0.29) is 5.56 Å². The van der Waals surface area contributed by atoms with Crippen LogP contribution in [0.1, 0.15) is 32.1 Å². The average Bonchev–Trinajstić information content (AvgIpc) is 3.54.